The van der Waals surface area contributed by atoms with E-state index >= 15 is 0 Å². The molecule has 22 heavy (non-hydrogen) atoms. The Bertz CT molecular complexity index is 794. The molecule has 0 saturated carbocycles. The quantitative estimate of drug-likeness (QED) is 0.694. The maximum absolute atomic E-state index is 5.68. The fourth-order valence-electron chi connectivity index (χ4n) is 2.71. The number of rotatable bonds is 3. The molecule has 3 aromatic rings. The van der Waals surface area contributed by atoms with Crippen LogP contribution in [0.3, 0.4) is 0 Å². The van der Waals surface area contributed by atoms with E-state index in [-0.39, 0.29) is 6.10 Å². The van der Waals surface area contributed by atoms with Crippen LogP contribution in [0.1, 0.15) is 24.8 Å². The Hall–Kier alpha value is -1.92. The zero-order valence-corrected chi connectivity index (χ0v) is 13.1. The summed E-state index contributed by atoms with van der Waals surface area (Å²) in [5, 5.41) is 4.63. The van der Waals surface area contributed by atoms with Crippen LogP contribution in [0.4, 0.5) is 0 Å². The van der Waals surface area contributed by atoms with E-state index in [0.717, 1.165) is 36.5 Å². The highest BCUT2D eigenvalue weighted by Crippen LogP contribution is 2.28. The molecule has 0 amide bonds. The molecule has 1 saturated heterocycles. The summed E-state index contributed by atoms with van der Waals surface area (Å²) in [6.45, 7) is 0.788. The van der Waals surface area contributed by atoms with Gasteiger partial charge in [0.15, 0.2) is 5.82 Å². The first-order valence-corrected chi connectivity index (χ1v) is 8.55. The second-order valence-corrected chi connectivity index (χ2v) is 6.12. The highest BCUT2D eigenvalue weighted by atomic mass is 32.2. The Kier molecular flexibility index (Phi) is 3.56. The lowest BCUT2D eigenvalue weighted by Gasteiger charge is -2.05. The van der Waals surface area contributed by atoms with Gasteiger partial charge in [-0.05, 0) is 37.3 Å². The largest absolute Gasteiger partial charge is 0.370 e. The van der Waals surface area contributed by atoms with E-state index in [1.165, 1.54) is 4.90 Å². The van der Waals surface area contributed by atoms with E-state index in [2.05, 4.69) is 45.6 Å². The summed E-state index contributed by atoms with van der Waals surface area (Å²) in [4.78, 5) is 10.1. The fraction of sp³-hybridized carbons (Fsp3) is 0.312. The summed E-state index contributed by atoms with van der Waals surface area (Å²) in [7, 11) is 0. The van der Waals surface area contributed by atoms with Gasteiger partial charge in [-0.15, -0.1) is 16.9 Å². The van der Waals surface area contributed by atoms with Gasteiger partial charge in [0.1, 0.15) is 6.10 Å². The molecule has 3 heterocycles. The lowest BCUT2D eigenvalue weighted by Crippen LogP contribution is -2.00. The van der Waals surface area contributed by atoms with E-state index in [0.29, 0.717) is 5.78 Å². The molecule has 1 aromatic carbocycles. The van der Waals surface area contributed by atoms with Gasteiger partial charge in [-0.1, -0.05) is 12.1 Å². The highest BCUT2D eigenvalue weighted by molar-refractivity contribution is 7.98. The van der Waals surface area contributed by atoms with E-state index < -0.39 is 0 Å². The van der Waals surface area contributed by atoms with Crippen molar-refractivity contribution in [2.75, 3.05) is 12.9 Å². The molecule has 1 fully saturated rings. The summed E-state index contributed by atoms with van der Waals surface area (Å²) < 4.78 is 7.49. The lowest BCUT2D eigenvalue weighted by atomic mass is 10.1. The molecule has 2 aromatic heterocycles. The molecule has 0 N–H and O–H groups in total. The van der Waals surface area contributed by atoms with Crippen molar-refractivity contribution in [3.8, 4) is 11.3 Å². The van der Waals surface area contributed by atoms with Crippen LogP contribution in [-0.2, 0) is 4.74 Å². The minimum atomic E-state index is 0.00779. The molecule has 5 nitrogen and oxygen atoms in total. The minimum Gasteiger partial charge on any atom is -0.370 e. The Morgan fingerprint density at radius 3 is 2.82 bits per heavy atom. The minimum absolute atomic E-state index is 0.00779. The molecule has 0 bridgehead atoms. The normalized spacial score (nSPS) is 18.1. The molecule has 1 atom stereocenters. The van der Waals surface area contributed by atoms with Gasteiger partial charge in [0, 0.05) is 23.3 Å². The van der Waals surface area contributed by atoms with Gasteiger partial charge in [-0.25, -0.2) is 4.98 Å². The van der Waals surface area contributed by atoms with Crippen LogP contribution in [0, 0.1) is 0 Å². The SMILES string of the molecule is CSc1ccc(-c2ccnc3nc([C@@H]4CCCO4)nn23)cc1. The monoisotopic (exact) mass is 312 g/mol. The van der Waals surface area contributed by atoms with E-state index in [1.54, 1.807) is 18.0 Å². The second-order valence-electron chi connectivity index (χ2n) is 5.24. The highest BCUT2D eigenvalue weighted by Gasteiger charge is 2.23. The fourth-order valence-corrected chi connectivity index (χ4v) is 3.12. The number of aromatic nitrogens is 4. The van der Waals surface area contributed by atoms with E-state index in [1.807, 2.05) is 10.6 Å². The standard InChI is InChI=1S/C16H16N4OS/c1-22-12-6-4-11(5-7-12)13-8-9-17-16-18-15(19-20(13)16)14-3-2-10-21-14/h4-9,14H,2-3,10H2,1H3/t14-/m0/s1. The van der Waals surface area contributed by atoms with Crippen molar-refractivity contribution >= 4 is 17.5 Å². The predicted molar refractivity (Wildman–Crippen MR) is 85.9 cm³/mol. The van der Waals surface area contributed by atoms with Crippen LogP contribution in [0.5, 0.6) is 0 Å². The third kappa shape index (κ3) is 2.38. The van der Waals surface area contributed by atoms with Crippen molar-refractivity contribution < 1.29 is 4.74 Å². The zero-order chi connectivity index (χ0) is 14.9. The molecule has 112 valence electrons. The van der Waals surface area contributed by atoms with Crippen molar-refractivity contribution in [3.63, 3.8) is 0 Å². The number of benzene rings is 1. The van der Waals surface area contributed by atoms with Crippen LogP contribution in [-0.4, -0.2) is 32.4 Å². The lowest BCUT2D eigenvalue weighted by molar-refractivity contribution is 0.105. The number of ether oxygens (including phenoxy) is 1. The van der Waals surface area contributed by atoms with Gasteiger partial charge >= 0.3 is 0 Å². The van der Waals surface area contributed by atoms with Crippen molar-refractivity contribution in [2.45, 2.75) is 23.8 Å². The summed E-state index contributed by atoms with van der Waals surface area (Å²) >= 11 is 1.73. The first-order valence-electron chi connectivity index (χ1n) is 7.33. The maximum Gasteiger partial charge on any atom is 0.253 e. The molecule has 6 heteroatoms. The second kappa shape index (κ2) is 5.70. The number of nitrogens with zero attached hydrogens (tertiary/aromatic N) is 4. The molecular weight excluding hydrogens is 296 g/mol. The number of hydrogen-bond acceptors (Lipinski definition) is 5. The smallest absolute Gasteiger partial charge is 0.253 e. The average molecular weight is 312 g/mol. The molecule has 1 aliphatic rings. The first kappa shape index (κ1) is 13.7. The van der Waals surface area contributed by atoms with Crippen molar-refractivity contribution in [1.29, 1.82) is 0 Å². The molecule has 0 aliphatic carbocycles. The van der Waals surface area contributed by atoms with Gasteiger partial charge in [-0.2, -0.15) is 9.50 Å². The van der Waals surface area contributed by atoms with Gasteiger partial charge in [0.2, 0.25) is 0 Å². The Balaban J connectivity index is 1.79. The molecule has 1 aliphatic heterocycles. The van der Waals surface area contributed by atoms with Crippen molar-refractivity contribution in [1.82, 2.24) is 19.6 Å². The van der Waals surface area contributed by atoms with Crippen LogP contribution >= 0.6 is 11.8 Å². The summed E-state index contributed by atoms with van der Waals surface area (Å²) in [5.74, 6) is 1.36. The first-order chi connectivity index (χ1) is 10.8. The van der Waals surface area contributed by atoms with E-state index in [9.17, 15) is 0 Å². The third-order valence-electron chi connectivity index (χ3n) is 3.86. The van der Waals surface area contributed by atoms with Crippen LogP contribution < -0.4 is 0 Å². The Labute approximate surface area is 132 Å². The molecule has 0 unspecified atom stereocenters. The summed E-state index contributed by atoms with van der Waals surface area (Å²) in [6.07, 6.45) is 5.91. The van der Waals surface area contributed by atoms with Crippen molar-refractivity contribution in [2.24, 2.45) is 0 Å². The molecular formula is C16H16N4OS. The number of fused-ring (bicyclic) bond motifs is 1. The van der Waals surface area contributed by atoms with E-state index in [4.69, 9.17) is 4.74 Å². The topological polar surface area (TPSA) is 52.3 Å². The summed E-state index contributed by atoms with van der Waals surface area (Å²) in [6, 6.07) is 10.4. The predicted octanol–water partition coefficient (Wildman–Crippen LogP) is 3.36. The van der Waals surface area contributed by atoms with Gasteiger partial charge < -0.3 is 4.74 Å². The summed E-state index contributed by atoms with van der Waals surface area (Å²) in [5.41, 5.74) is 2.10. The average Bonchev–Trinajstić information content (AvgIpc) is 3.23. The van der Waals surface area contributed by atoms with Gasteiger partial charge in [0.05, 0.1) is 5.69 Å². The maximum atomic E-state index is 5.68. The Morgan fingerprint density at radius 1 is 1.23 bits per heavy atom. The van der Waals surface area contributed by atoms with Crippen LogP contribution in [0.25, 0.3) is 17.0 Å². The van der Waals surface area contributed by atoms with Gasteiger partial charge in [-0.3, -0.25) is 0 Å². The van der Waals surface area contributed by atoms with Crippen LogP contribution in [0.15, 0.2) is 41.4 Å². The molecule has 4 rings (SSSR count). The van der Waals surface area contributed by atoms with Crippen molar-refractivity contribution in [3.05, 3.63) is 42.4 Å². The van der Waals surface area contributed by atoms with Gasteiger partial charge in [0.25, 0.3) is 5.78 Å². The molecule has 0 spiro atoms. The molecule has 0 radical (unpaired) electrons. The number of hydrogen-bond donors (Lipinski definition) is 0. The zero-order valence-electron chi connectivity index (χ0n) is 12.3. The Morgan fingerprint density at radius 2 is 2.09 bits per heavy atom. The number of thioether (sulfide) groups is 1. The van der Waals surface area contributed by atoms with Crippen LogP contribution in [0.2, 0.25) is 0 Å². The third-order valence-corrected chi connectivity index (χ3v) is 4.60.